The predicted molar refractivity (Wildman–Crippen MR) is 216 cm³/mol. The van der Waals surface area contributed by atoms with Crippen molar-refractivity contribution >= 4 is 23.1 Å². The van der Waals surface area contributed by atoms with Gasteiger partial charge in [-0.05, 0) is 90.4 Å². The van der Waals surface area contributed by atoms with Gasteiger partial charge in [0.25, 0.3) is 0 Å². The van der Waals surface area contributed by atoms with Crippen LogP contribution in [-0.4, -0.2) is 16.5 Å². The van der Waals surface area contributed by atoms with E-state index in [-0.39, 0.29) is 50.3 Å². The third kappa shape index (κ3) is 6.41. The zero-order valence-corrected chi connectivity index (χ0v) is 35.5. The number of fused-ring (bicyclic) bond motifs is 5. The van der Waals surface area contributed by atoms with Gasteiger partial charge in [0.05, 0.1) is 0 Å². The van der Waals surface area contributed by atoms with Crippen LogP contribution in [0.1, 0.15) is 132 Å². The van der Waals surface area contributed by atoms with Gasteiger partial charge in [0, 0.05) is 37.1 Å². The molecule has 0 radical (unpaired) electrons. The molecule has 0 saturated heterocycles. The Kier molecular flexibility index (Phi) is 8.88. The standard InChI is InChI=1S/C48H51N3O2.Pt/c1-28(2)32-23-33(45-50-43-39-16-14-30(4)31(5)38(39)18-19-48(43,11)53-45)25-37(24-32)52-36-22-29(3)21-35(27-36)51-42-17-15-34(46(6,7)8)26-41(42)47(9,10)40-13-12-20-49-44(40)51;/h12-17,20-24,26,28,43H,18-19H2,1-11H3;/q-2;+2/t43-,48+;/m1./s1/i18D2;. The van der Waals surface area contributed by atoms with E-state index >= 15 is 0 Å². The van der Waals surface area contributed by atoms with Crippen LogP contribution in [0.25, 0.3) is 0 Å². The molecular weight excluding hydrogens is 846 g/mol. The monoisotopic (exact) mass is 898 g/mol. The van der Waals surface area contributed by atoms with Crippen molar-refractivity contribution in [3.8, 4) is 11.5 Å². The Balaban J connectivity index is 0.00000480. The van der Waals surface area contributed by atoms with Gasteiger partial charge in [-0.3, -0.25) is 4.99 Å². The summed E-state index contributed by atoms with van der Waals surface area (Å²) in [5.74, 6) is 2.64. The average molecular weight is 899 g/mol. The zero-order valence-electron chi connectivity index (χ0n) is 35.3. The van der Waals surface area contributed by atoms with Crippen LogP contribution in [0.4, 0.5) is 17.2 Å². The second kappa shape index (κ2) is 13.5. The number of rotatable bonds is 5. The summed E-state index contributed by atoms with van der Waals surface area (Å²) >= 11 is 0. The minimum absolute atomic E-state index is 0. The summed E-state index contributed by atoms with van der Waals surface area (Å²) in [4.78, 5) is 12.3. The van der Waals surface area contributed by atoms with E-state index in [0.29, 0.717) is 23.0 Å². The Hall–Kier alpha value is -4.21. The maximum absolute atomic E-state index is 9.08. The van der Waals surface area contributed by atoms with Crippen LogP contribution in [0.5, 0.6) is 11.5 Å². The van der Waals surface area contributed by atoms with E-state index in [1.807, 2.05) is 51.2 Å². The molecule has 280 valence electrons. The van der Waals surface area contributed by atoms with Gasteiger partial charge in [0.1, 0.15) is 23.4 Å². The number of benzene rings is 4. The van der Waals surface area contributed by atoms with E-state index in [2.05, 4.69) is 115 Å². The number of aliphatic imine (C=N–C) groups is 1. The van der Waals surface area contributed by atoms with Gasteiger partial charge in [-0.15, -0.1) is 29.8 Å². The van der Waals surface area contributed by atoms with E-state index in [4.69, 9.17) is 22.2 Å². The number of nitrogens with zero attached hydrogens (tertiary/aromatic N) is 3. The van der Waals surface area contributed by atoms with Crippen LogP contribution in [0.3, 0.4) is 0 Å². The molecule has 54 heavy (non-hydrogen) atoms. The van der Waals surface area contributed by atoms with E-state index in [0.717, 1.165) is 56.1 Å². The molecule has 0 spiro atoms. The summed E-state index contributed by atoms with van der Waals surface area (Å²) in [6.07, 6.45) is 0.514. The van der Waals surface area contributed by atoms with Gasteiger partial charge in [0.2, 0.25) is 0 Å². The number of pyridine rings is 1. The number of ether oxygens (including phenoxy) is 2. The summed E-state index contributed by atoms with van der Waals surface area (Å²) in [5, 5.41) is 0. The molecule has 3 heterocycles. The van der Waals surface area contributed by atoms with Gasteiger partial charge < -0.3 is 14.4 Å². The van der Waals surface area contributed by atoms with E-state index in [1.165, 1.54) is 11.1 Å². The SMILES string of the molecule is [2H]C1([2H])C[C@]2(C)OC(c3[c-]c(Oc4[c-]c(N5c6ccc(C(C)(C)C)cc6C(C)(C)c6cccnc65)cc(C)c4)cc(C(C)C)c3)=N[C@@H]2c2ccc(C)c(C)c21.[Pt+2]. The second-order valence-electron chi connectivity index (χ2n) is 17.2. The number of aromatic nitrogens is 1. The first-order valence-corrected chi connectivity index (χ1v) is 18.8. The molecule has 0 fully saturated rings. The van der Waals surface area contributed by atoms with Crippen molar-refractivity contribution in [3.05, 3.63) is 141 Å². The summed E-state index contributed by atoms with van der Waals surface area (Å²) in [6.45, 7) is 23.7. The first kappa shape index (κ1) is 35.5. The third-order valence-electron chi connectivity index (χ3n) is 11.5. The van der Waals surface area contributed by atoms with Crippen LogP contribution < -0.4 is 9.64 Å². The minimum atomic E-state index is -1.55. The Morgan fingerprint density at radius 1 is 0.944 bits per heavy atom. The molecule has 0 unspecified atom stereocenters. The third-order valence-corrected chi connectivity index (χ3v) is 11.5. The molecule has 8 rings (SSSR count). The fourth-order valence-corrected chi connectivity index (χ4v) is 8.06. The fourth-order valence-electron chi connectivity index (χ4n) is 8.06. The predicted octanol–water partition coefficient (Wildman–Crippen LogP) is 12.2. The maximum Gasteiger partial charge on any atom is 2.00 e. The van der Waals surface area contributed by atoms with Crippen LogP contribution >= 0.6 is 0 Å². The molecule has 0 amide bonds. The van der Waals surface area contributed by atoms with Crippen LogP contribution in [0, 0.1) is 32.9 Å². The van der Waals surface area contributed by atoms with Crippen molar-refractivity contribution in [3.63, 3.8) is 0 Å². The first-order chi connectivity index (χ1) is 25.8. The molecule has 1 aromatic heterocycles. The number of hydrogen-bond donors (Lipinski definition) is 0. The van der Waals surface area contributed by atoms with Crippen molar-refractivity contribution < 1.29 is 33.3 Å². The molecular formula is C48H51N3O2Pt. The normalized spacial score (nSPS) is 21.0. The number of aryl methyl sites for hydroxylation is 2. The summed E-state index contributed by atoms with van der Waals surface area (Å²) < 4.78 is 31.5. The van der Waals surface area contributed by atoms with Crippen LogP contribution in [-0.2, 0) is 43.0 Å². The molecule has 4 aromatic carbocycles. The topological polar surface area (TPSA) is 47.0 Å². The summed E-state index contributed by atoms with van der Waals surface area (Å²) in [5.41, 5.74) is 11.0. The number of anilines is 3. The molecule has 6 heteroatoms. The van der Waals surface area contributed by atoms with Gasteiger partial charge in [-0.2, -0.15) is 5.56 Å². The minimum Gasteiger partial charge on any atom is -0.512 e. The molecule has 0 N–H and O–H groups in total. The summed E-state index contributed by atoms with van der Waals surface area (Å²) in [7, 11) is 0. The fraction of sp³-hybridized carbons (Fsp3) is 0.375. The van der Waals surface area contributed by atoms with Crippen LogP contribution in [0.2, 0.25) is 0 Å². The van der Waals surface area contributed by atoms with Crippen molar-refractivity contribution in [2.45, 2.75) is 117 Å². The molecule has 0 bridgehead atoms. The van der Waals surface area contributed by atoms with Crippen LogP contribution in [0.15, 0.2) is 77.9 Å². The Morgan fingerprint density at radius 2 is 1.70 bits per heavy atom. The smallest absolute Gasteiger partial charge is 0.512 e. The largest absolute Gasteiger partial charge is 2.00 e. The molecule has 3 aliphatic rings. The molecule has 5 nitrogen and oxygen atoms in total. The van der Waals surface area contributed by atoms with Crippen molar-refractivity contribution in [2.24, 2.45) is 4.99 Å². The van der Waals surface area contributed by atoms with Crippen molar-refractivity contribution in [2.75, 3.05) is 4.90 Å². The van der Waals surface area contributed by atoms with E-state index < -0.39 is 12.0 Å². The van der Waals surface area contributed by atoms with E-state index in [1.54, 1.807) is 0 Å². The summed E-state index contributed by atoms with van der Waals surface area (Å²) in [6, 6.07) is 30.1. The Bertz CT molecular complexity index is 2410. The number of hydrogen-bond acceptors (Lipinski definition) is 5. The molecule has 1 aliphatic carbocycles. The van der Waals surface area contributed by atoms with Gasteiger partial charge in [0.15, 0.2) is 0 Å². The average Bonchev–Trinajstić information content (AvgIpc) is 3.45. The zero-order chi connectivity index (χ0) is 39.4. The first-order valence-electron chi connectivity index (χ1n) is 19.8. The quantitative estimate of drug-likeness (QED) is 0.165. The van der Waals surface area contributed by atoms with Crippen molar-refractivity contribution in [1.29, 1.82) is 0 Å². The van der Waals surface area contributed by atoms with Gasteiger partial charge in [-0.25, -0.2) is 4.98 Å². The van der Waals surface area contributed by atoms with E-state index in [9.17, 15) is 0 Å². The molecule has 2 aliphatic heterocycles. The molecule has 0 saturated carbocycles. The molecule has 5 aromatic rings. The molecule has 2 atom stereocenters. The Morgan fingerprint density at radius 3 is 2.44 bits per heavy atom. The van der Waals surface area contributed by atoms with Crippen molar-refractivity contribution in [1.82, 2.24) is 4.98 Å². The maximum atomic E-state index is 9.08. The van der Waals surface area contributed by atoms with Gasteiger partial charge in [-0.1, -0.05) is 109 Å². The Labute approximate surface area is 339 Å². The second-order valence-corrected chi connectivity index (χ2v) is 17.2. The van der Waals surface area contributed by atoms with Gasteiger partial charge >= 0.3 is 21.1 Å².